The molecule has 0 saturated heterocycles. The van der Waals surface area contributed by atoms with Gasteiger partial charge in [-0.15, -0.1) is 0 Å². The van der Waals surface area contributed by atoms with Crippen molar-refractivity contribution in [3.05, 3.63) is 29.9 Å². The van der Waals surface area contributed by atoms with Crippen LogP contribution in [0.1, 0.15) is 26.5 Å². The molecule has 0 spiro atoms. The van der Waals surface area contributed by atoms with Crippen molar-refractivity contribution in [3.8, 4) is 0 Å². The Labute approximate surface area is 99.5 Å². The lowest BCUT2D eigenvalue weighted by molar-refractivity contribution is -0.108. The summed E-state index contributed by atoms with van der Waals surface area (Å²) in [5, 5.41) is 3.86. The van der Waals surface area contributed by atoms with Crippen LogP contribution in [0.5, 0.6) is 0 Å². The second-order valence-corrected chi connectivity index (χ2v) is 4.75. The third kappa shape index (κ3) is 2.43. The minimum Gasteiger partial charge on any atom is -0.270 e. The van der Waals surface area contributed by atoms with Crippen molar-refractivity contribution in [2.24, 2.45) is 10.4 Å². The molecular formula is C12H17F2N3. The summed E-state index contributed by atoms with van der Waals surface area (Å²) in [6.07, 6.45) is 1.35. The first-order valence-corrected chi connectivity index (χ1v) is 5.27. The smallest absolute Gasteiger partial charge is 0.270 e. The monoisotopic (exact) mass is 241 g/mol. The lowest BCUT2D eigenvalue weighted by Gasteiger charge is -2.29. The number of nitrogens with zero attached hydrogens (tertiary/aromatic N) is 3. The highest BCUT2D eigenvalue weighted by atomic mass is 19.3. The first-order chi connectivity index (χ1) is 7.74. The van der Waals surface area contributed by atoms with Crippen LogP contribution in [-0.4, -0.2) is 16.8 Å². The zero-order valence-electron chi connectivity index (χ0n) is 10.5. The molecule has 0 fully saturated rings. The second kappa shape index (κ2) is 4.39. The van der Waals surface area contributed by atoms with Gasteiger partial charge in [0.1, 0.15) is 11.2 Å². The fourth-order valence-corrected chi connectivity index (χ4v) is 1.29. The summed E-state index contributed by atoms with van der Waals surface area (Å²) < 4.78 is 29.4. The van der Waals surface area contributed by atoms with E-state index in [4.69, 9.17) is 0 Å². The van der Waals surface area contributed by atoms with Crippen LogP contribution in [0.2, 0.25) is 0 Å². The molecule has 1 aromatic heterocycles. The highest BCUT2D eigenvalue weighted by Crippen LogP contribution is 2.43. The molecule has 0 saturated carbocycles. The summed E-state index contributed by atoms with van der Waals surface area (Å²) in [4.78, 5) is 3.91. The van der Waals surface area contributed by atoms with Crippen molar-refractivity contribution < 1.29 is 8.78 Å². The first kappa shape index (κ1) is 13.5. The summed E-state index contributed by atoms with van der Waals surface area (Å²) in [5.74, 6) is -3.01. The maximum Gasteiger partial charge on any atom is 0.296 e. The van der Waals surface area contributed by atoms with Gasteiger partial charge in [-0.25, -0.2) is 4.68 Å². The van der Waals surface area contributed by atoms with Gasteiger partial charge in [-0.1, -0.05) is 27.4 Å². The first-order valence-electron chi connectivity index (χ1n) is 5.27. The Balaban J connectivity index is 3.40. The Morgan fingerprint density at radius 2 is 1.94 bits per heavy atom. The van der Waals surface area contributed by atoms with Crippen LogP contribution < -0.4 is 5.49 Å². The molecule has 0 aromatic carbocycles. The third-order valence-electron chi connectivity index (χ3n) is 2.51. The van der Waals surface area contributed by atoms with Gasteiger partial charge < -0.3 is 0 Å². The van der Waals surface area contributed by atoms with Crippen molar-refractivity contribution in [1.29, 1.82) is 0 Å². The standard InChI is InChI=1S/C12H17F2N3/c1-6-17-10(15-5)8-7-9(16-17)12(13,14)11(2,3)4/h6-8H,1H2,2-5H3. The molecule has 0 radical (unpaired) electrons. The third-order valence-corrected chi connectivity index (χ3v) is 2.51. The molecular weight excluding hydrogens is 224 g/mol. The van der Waals surface area contributed by atoms with E-state index in [1.165, 1.54) is 43.8 Å². The number of alkyl halides is 2. The summed E-state index contributed by atoms with van der Waals surface area (Å²) in [6.45, 7) is 7.95. The number of hydrogen-bond acceptors (Lipinski definition) is 2. The maximum absolute atomic E-state index is 14.1. The van der Waals surface area contributed by atoms with Gasteiger partial charge in [0.15, 0.2) is 0 Å². The topological polar surface area (TPSA) is 30.2 Å². The lowest BCUT2D eigenvalue weighted by Crippen LogP contribution is -2.34. The molecule has 0 aliphatic heterocycles. The van der Waals surface area contributed by atoms with Gasteiger partial charge in [0.05, 0.1) is 0 Å². The van der Waals surface area contributed by atoms with Gasteiger partial charge in [0.25, 0.3) is 5.92 Å². The van der Waals surface area contributed by atoms with E-state index in [1.54, 1.807) is 7.05 Å². The predicted molar refractivity (Wildman–Crippen MR) is 63.5 cm³/mol. The van der Waals surface area contributed by atoms with Crippen molar-refractivity contribution in [3.63, 3.8) is 0 Å². The van der Waals surface area contributed by atoms with Crippen LogP contribution in [0.25, 0.3) is 6.20 Å². The van der Waals surface area contributed by atoms with E-state index < -0.39 is 11.3 Å². The van der Waals surface area contributed by atoms with Gasteiger partial charge in [-0.2, -0.15) is 13.9 Å². The molecule has 3 nitrogen and oxygen atoms in total. The molecule has 1 rings (SSSR count). The molecule has 0 amide bonds. The lowest BCUT2D eigenvalue weighted by atomic mass is 9.86. The van der Waals surface area contributed by atoms with Gasteiger partial charge in [0.2, 0.25) is 0 Å². The quantitative estimate of drug-likeness (QED) is 0.783. The highest BCUT2D eigenvalue weighted by Gasteiger charge is 2.46. The Kier molecular flexibility index (Phi) is 3.50. The van der Waals surface area contributed by atoms with Crippen LogP contribution in [0, 0.1) is 5.41 Å². The second-order valence-electron chi connectivity index (χ2n) is 4.75. The van der Waals surface area contributed by atoms with E-state index >= 15 is 0 Å². The van der Waals surface area contributed by atoms with Crippen molar-refractivity contribution in [2.45, 2.75) is 26.7 Å². The molecule has 0 bridgehead atoms. The summed E-state index contributed by atoms with van der Waals surface area (Å²) in [6, 6.07) is 2.80. The number of hydrogen-bond donors (Lipinski definition) is 0. The van der Waals surface area contributed by atoms with E-state index in [0.29, 0.717) is 5.49 Å². The van der Waals surface area contributed by atoms with E-state index in [-0.39, 0.29) is 5.69 Å². The Morgan fingerprint density at radius 3 is 2.35 bits per heavy atom. The van der Waals surface area contributed by atoms with Crippen LogP contribution in [-0.2, 0) is 5.92 Å². The largest absolute Gasteiger partial charge is 0.296 e. The fraction of sp³-hybridized carbons (Fsp3) is 0.500. The van der Waals surface area contributed by atoms with Crippen LogP contribution >= 0.6 is 0 Å². The summed E-state index contributed by atoms with van der Waals surface area (Å²) in [5.41, 5.74) is -0.991. The van der Waals surface area contributed by atoms with E-state index in [0.717, 1.165) is 0 Å². The average molecular weight is 241 g/mol. The normalized spacial score (nSPS) is 13.9. The van der Waals surface area contributed by atoms with E-state index in [1.807, 2.05) is 0 Å². The van der Waals surface area contributed by atoms with Crippen LogP contribution in [0.15, 0.2) is 23.7 Å². The predicted octanol–water partition coefficient (Wildman–Crippen LogP) is 2.65. The molecule has 0 unspecified atom stereocenters. The molecule has 17 heavy (non-hydrogen) atoms. The Hall–Kier alpha value is -1.52. The molecule has 1 heterocycles. The molecule has 0 atom stereocenters. The average Bonchev–Trinajstić information content (AvgIpc) is 2.26. The Bertz CT molecular complexity index is 481. The SMILES string of the molecule is C=Cn1nc(C(F)(F)C(C)(C)C)ccc1=NC. The summed E-state index contributed by atoms with van der Waals surface area (Å²) in [7, 11) is 1.57. The number of aromatic nitrogens is 2. The summed E-state index contributed by atoms with van der Waals surface area (Å²) >= 11 is 0. The molecule has 0 aliphatic carbocycles. The maximum atomic E-state index is 14.1. The van der Waals surface area contributed by atoms with Gasteiger partial charge in [0, 0.05) is 18.7 Å². The van der Waals surface area contributed by atoms with Crippen molar-refractivity contribution >= 4 is 6.20 Å². The van der Waals surface area contributed by atoms with Gasteiger partial charge in [-0.3, -0.25) is 4.99 Å². The molecule has 1 aromatic rings. The minimum atomic E-state index is -3.01. The van der Waals surface area contributed by atoms with E-state index in [9.17, 15) is 8.78 Å². The molecule has 0 aliphatic rings. The zero-order valence-corrected chi connectivity index (χ0v) is 10.5. The van der Waals surface area contributed by atoms with E-state index in [2.05, 4.69) is 16.7 Å². The molecule has 94 valence electrons. The van der Waals surface area contributed by atoms with Crippen LogP contribution in [0.3, 0.4) is 0 Å². The van der Waals surface area contributed by atoms with Crippen LogP contribution in [0.4, 0.5) is 8.78 Å². The van der Waals surface area contributed by atoms with Crippen molar-refractivity contribution in [1.82, 2.24) is 9.78 Å². The molecule has 0 N–H and O–H groups in total. The van der Waals surface area contributed by atoms with Crippen molar-refractivity contribution in [2.75, 3.05) is 7.05 Å². The minimum absolute atomic E-state index is 0.280. The Morgan fingerprint density at radius 1 is 1.35 bits per heavy atom. The number of halogens is 2. The molecule has 5 heteroatoms. The van der Waals surface area contributed by atoms with Gasteiger partial charge in [-0.05, 0) is 12.1 Å². The number of rotatable bonds is 2. The van der Waals surface area contributed by atoms with Gasteiger partial charge >= 0.3 is 0 Å². The highest BCUT2D eigenvalue weighted by molar-refractivity contribution is 5.18. The zero-order chi connectivity index (χ0) is 13.3. The fourth-order valence-electron chi connectivity index (χ4n) is 1.29.